The normalized spacial score (nSPS) is 17.0. The molecule has 0 amide bonds. The van der Waals surface area contributed by atoms with E-state index in [4.69, 9.17) is 18.3 Å². The van der Waals surface area contributed by atoms with Gasteiger partial charge >= 0.3 is 0 Å². The Kier molecular flexibility index (Phi) is 4.66. The molecular formula is C21H24N2O4. The molecule has 3 heterocycles. The lowest BCUT2D eigenvalue weighted by Gasteiger charge is -2.35. The van der Waals surface area contributed by atoms with Crippen LogP contribution < -0.4 is 9.47 Å². The summed E-state index contributed by atoms with van der Waals surface area (Å²) in [4.78, 5) is 7.06. The standard InChI is InChI=1S/C21H24N2O4/c1-13-16-11-20(25-4)19(24-3)10-15(16)7-8-23(13)12-17-14(2)27-21(22-17)18-6-5-9-26-18/h5-6,9-11,13H,7-8,12H2,1-4H3/t13-/m0/s1. The Labute approximate surface area is 158 Å². The fourth-order valence-electron chi connectivity index (χ4n) is 3.69. The number of fused-ring (bicyclic) bond motifs is 1. The lowest BCUT2D eigenvalue weighted by atomic mass is 9.92. The van der Waals surface area contributed by atoms with E-state index in [1.165, 1.54) is 11.1 Å². The number of oxazole rings is 1. The third kappa shape index (κ3) is 3.21. The largest absolute Gasteiger partial charge is 0.493 e. The number of benzene rings is 1. The van der Waals surface area contributed by atoms with E-state index in [0.717, 1.165) is 42.5 Å². The molecule has 1 aliphatic rings. The number of aryl methyl sites for hydroxylation is 1. The molecule has 0 radical (unpaired) electrons. The second kappa shape index (κ2) is 7.12. The van der Waals surface area contributed by atoms with Crippen molar-refractivity contribution in [1.29, 1.82) is 0 Å². The van der Waals surface area contributed by atoms with E-state index in [0.29, 0.717) is 11.7 Å². The molecule has 1 atom stereocenters. The Morgan fingerprint density at radius 1 is 1.22 bits per heavy atom. The van der Waals surface area contributed by atoms with Crippen LogP contribution in [0.2, 0.25) is 0 Å². The molecule has 3 aromatic rings. The number of methoxy groups -OCH3 is 2. The fraction of sp³-hybridized carbons (Fsp3) is 0.381. The number of hydrogen-bond acceptors (Lipinski definition) is 6. The second-order valence-corrected chi connectivity index (χ2v) is 6.80. The topological polar surface area (TPSA) is 60.9 Å². The van der Waals surface area contributed by atoms with Crippen molar-refractivity contribution in [2.45, 2.75) is 32.9 Å². The van der Waals surface area contributed by atoms with Gasteiger partial charge in [-0.25, -0.2) is 4.98 Å². The van der Waals surface area contributed by atoms with Crippen LogP contribution >= 0.6 is 0 Å². The van der Waals surface area contributed by atoms with Crippen molar-refractivity contribution in [3.8, 4) is 23.1 Å². The van der Waals surface area contributed by atoms with Crippen LogP contribution in [-0.4, -0.2) is 30.6 Å². The quantitative estimate of drug-likeness (QED) is 0.666. The monoisotopic (exact) mass is 368 g/mol. The summed E-state index contributed by atoms with van der Waals surface area (Å²) in [6.45, 7) is 5.84. The predicted octanol–water partition coefficient (Wildman–Crippen LogP) is 4.38. The molecule has 0 saturated carbocycles. The molecule has 0 N–H and O–H groups in total. The Morgan fingerprint density at radius 3 is 2.70 bits per heavy atom. The van der Waals surface area contributed by atoms with Crippen molar-refractivity contribution in [2.75, 3.05) is 20.8 Å². The average molecular weight is 368 g/mol. The molecule has 0 spiro atoms. The molecule has 0 fully saturated rings. The van der Waals surface area contributed by atoms with Crippen molar-refractivity contribution in [1.82, 2.24) is 9.88 Å². The Balaban J connectivity index is 1.58. The van der Waals surface area contributed by atoms with Gasteiger partial charge in [0.2, 0.25) is 0 Å². The number of aromatic nitrogens is 1. The average Bonchev–Trinajstić information content (AvgIpc) is 3.33. The maximum absolute atomic E-state index is 5.80. The molecule has 0 saturated heterocycles. The minimum absolute atomic E-state index is 0.247. The van der Waals surface area contributed by atoms with Gasteiger partial charge in [0.1, 0.15) is 5.76 Å². The molecule has 6 nitrogen and oxygen atoms in total. The van der Waals surface area contributed by atoms with Gasteiger partial charge < -0.3 is 18.3 Å². The van der Waals surface area contributed by atoms with Gasteiger partial charge in [-0.15, -0.1) is 0 Å². The van der Waals surface area contributed by atoms with Crippen molar-refractivity contribution in [2.24, 2.45) is 0 Å². The van der Waals surface area contributed by atoms with Crippen molar-refractivity contribution in [3.63, 3.8) is 0 Å². The number of ether oxygens (including phenoxy) is 2. The number of hydrogen-bond donors (Lipinski definition) is 0. The van der Waals surface area contributed by atoms with E-state index in [2.05, 4.69) is 28.9 Å². The van der Waals surface area contributed by atoms with Gasteiger partial charge in [0, 0.05) is 19.1 Å². The first-order valence-corrected chi connectivity index (χ1v) is 9.09. The van der Waals surface area contributed by atoms with Crippen LogP contribution in [0.25, 0.3) is 11.7 Å². The van der Waals surface area contributed by atoms with Crippen LogP contribution in [-0.2, 0) is 13.0 Å². The second-order valence-electron chi connectivity index (χ2n) is 6.80. The lowest BCUT2D eigenvalue weighted by molar-refractivity contribution is 0.186. The van der Waals surface area contributed by atoms with Gasteiger partial charge in [-0.2, -0.15) is 0 Å². The molecule has 142 valence electrons. The van der Waals surface area contributed by atoms with Gasteiger partial charge in [0.25, 0.3) is 5.89 Å². The van der Waals surface area contributed by atoms with Crippen LogP contribution in [0.4, 0.5) is 0 Å². The maximum Gasteiger partial charge on any atom is 0.263 e. The molecule has 0 bridgehead atoms. The summed E-state index contributed by atoms with van der Waals surface area (Å²) in [6.07, 6.45) is 2.59. The number of rotatable bonds is 5. The molecule has 2 aromatic heterocycles. The van der Waals surface area contributed by atoms with E-state index in [9.17, 15) is 0 Å². The molecule has 4 rings (SSSR count). The van der Waals surface area contributed by atoms with E-state index < -0.39 is 0 Å². The maximum atomic E-state index is 5.80. The summed E-state index contributed by atoms with van der Waals surface area (Å²) in [5.74, 6) is 3.56. The lowest BCUT2D eigenvalue weighted by Crippen LogP contribution is -2.33. The van der Waals surface area contributed by atoms with Gasteiger partial charge in [0.05, 0.1) is 26.2 Å². The predicted molar refractivity (Wildman–Crippen MR) is 101 cm³/mol. The first-order valence-electron chi connectivity index (χ1n) is 9.09. The molecule has 27 heavy (non-hydrogen) atoms. The van der Waals surface area contributed by atoms with E-state index >= 15 is 0 Å². The molecular weight excluding hydrogens is 344 g/mol. The first-order chi connectivity index (χ1) is 13.1. The van der Waals surface area contributed by atoms with Gasteiger partial charge in [0.15, 0.2) is 17.3 Å². The summed E-state index contributed by atoms with van der Waals surface area (Å²) in [6, 6.07) is 8.12. The molecule has 0 unspecified atom stereocenters. The van der Waals surface area contributed by atoms with Crippen LogP contribution in [0.15, 0.2) is 39.4 Å². The highest BCUT2D eigenvalue weighted by atomic mass is 16.5. The highest BCUT2D eigenvalue weighted by Gasteiger charge is 2.27. The van der Waals surface area contributed by atoms with Crippen molar-refractivity contribution >= 4 is 0 Å². The zero-order valence-corrected chi connectivity index (χ0v) is 16.1. The van der Waals surface area contributed by atoms with Crippen LogP contribution in [0.1, 0.15) is 35.5 Å². The smallest absolute Gasteiger partial charge is 0.263 e. The molecule has 1 aliphatic heterocycles. The highest BCUT2D eigenvalue weighted by molar-refractivity contribution is 5.49. The molecule has 6 heteroatoms. The molecule has 0 aliphatic carbocycles. The first kappa shape index (κ1) is 17.7. The summed E-state index contributed by atoms with van der Waals surface area (Å²) in [7, 11) is 3.34. The summed E-state index contributed by atoms with van der Waals surface area (Å²) in [5.41, 5.74) is 3.52. The van der Waals surface area contributed by atoms with Crippen LogP contribution in [0.5, 0.6) is 11.5 Å². The summed E-state index contributed by atoms with van der Waals surface area (Å²) in [5, 5.41) is 0. The zero-order valence-electron chi connectivity index (χ0n) is 16.1. The van der Waals surface area contributed by atoms with Crippen molar-refractivity contribution < 1.29 is 18.3 Å². The Hall–Kier alpha value is -2.73. The Morgan fingerprint density at radius 2 is 2.00 bits per heavy atom. The third-order valence-electron chi connectivity index (χ3n) is 5.29. The van der Waals surface area contributed by atoms with Crippen LogP contribution in [0.3, 0.4) is 0 Å². The third-order valence-corrected chi connectivity index (χ3v) is 5.29. The van der Waals surface area contributed by atoms with Gasteiger partial charge in [-0.05, 0) is 55.7 Å². The zero-order chi connectivity index (χ0) is 19.0. The minimum Gasteiger partial charge on any atom is -0.493 e. The van der Waals surface area contributed by atoms with Gasteiger partial charge in [-0.1, -0.05) is 0 Å². The SMILES string of the molecule is COc1cc2c(cc1OC)[C@H](C)N(Cc1nc(-c3ccco3)oc1C)CC2. The van der Waals surface area contributed by atoms with Gasteiger partial charge in [-0.3, -0.25) is 4.90 Å². The van der Waals surface area contributed by atoms with Crippen LogP contribution in [0, 0.1) is 6.92 Å². The summed E-state index contributed by atoms with van der Waals surface area (Å²) < 4.78 is 22.1. The van der Waals surface area contributed by atoms with Crippen molar-refractivity contribution in [3.05, 3.63) is 53.1 Å². The number of nitrogens with zero attached hydrogens (tertiary/aromatic N) is 2. The fourth-order valence-corrected chi connectivity index (χ4v) is 3.69. The Bertz CT molecular complexity index is 930. The van der Waals surface area contributed by atoms with E-state index in [1.54, 1.807) is 20.5 Å². The van der Waals surface area contributed by atoms with E-state index in [-0.39, 0.29) is 6.04 Å². The summed E-state index contributed by atoms with van der Waals surface area (Å²) >= 11 is 0. The number of furan rings is 1. The van der Waals surface area contributed by atoms with E-state index in [1.807, 2.05) is 19.1 Å². The highest BCUT2D eigenvalue weighted by Crippen LogP contribution is 2.38. The molecule has 1 aromatic carbocycles. The minimum atomic E-state index is 0.247.